The number of hydrogen-bond acceptors (Lipinski definition) is 5. The molecule has 0 aliphatic carbocycles. The summed E-state index contributed by atoms with van der Waals surface area (Å²) in [5.74, 6) is -0.722. The predicted octanol–water partition coefficient (Wildman–Crippen LogP) is 3.52. The van der Waals surface area contributed by atoms with Crippen molar-refractivity contribution in [2.45, 2.75) is 12.8 Å². The Morgan fingerprint density at radius 3 is 2.28 bits per heavy atom. The first-order chi connectivity index (χ1) is 14.0. The molecular formula is C22H20N4O3. The maximum Gasteiger partial charge on any atom is 0.255 e. The van der Waals surface area contributed by atoms with Crippen LogP contribution in [0.3, 0.4) is 0 Å². The number of hydrogen-bond donors (Lipinski definition) is 3. The molecule has 0 unspecified atom stereocenters. The highest BCUT2D eigenvalue weighted by molar-refractivity contribution is 6.06. The molecule has 7 heteroatoms. The van der Waals surface area contributed by atoms with E-state index < -0.39 is 0 Å². The number of carbonyl (C=O) groups is 3. The van der Waals surface area contributed by atoms with Gasteiger partial charge in [-0.25, -0.2) is 0 Å². The fraction of sp³-hybridized carbons (Fsp3) is 0.0909. The number of nitrogens with two attached hydrogens (primary N) is 1. The molecule has 2 amide bonds. The lowest BCUT2D eigenvalue weighted by atomic mass is 10.1. The molecule has 7 nitrogen and oxygen atoms in total. The number of amides is 2. The van der Waals surface area contributed by atoms with Gasteiger partial charge in [0.15, 0.2) is 5.78 Å². The largest absolute Gasteiger partial charge is 0.397 e. The van der Waals surface area contributed by atoms with E-state index >= 15 is 0 Å². The van der Waals surface area contributed by atoms with Gasteiger partial charge in [0.1, 0.15) is 0 Å². The topological polar surface area (TPSA) is 114 Å². The Kier molecular flexibility index (Phi) is 6.32. The average molecular weight is 388 g/mol. The summed E-state index contributed by atoms with van der Waals surface area (Å²) in [6, 6.07) is 16.8. The van der Waals surface area contributed by atoms with Crippen molar-refractivity contribution < 1.29 is 14.4 Å². The van der Waals surface area contributed by atoms with Gasteiger partial charge in [-0.05, 0) is 48.5 Å². The molecule has 0 saturated heterocycles. The monoisotopic (exact) mass is 388 g/mol. The summed E-state index contributed by atoms with van der Waals surface area (Å²) in [4.78, 5) is 40.3. The smallest absolute Gasteiger partial charge is 0.255 e. The Morgan fingerprint density at radius 2 is 1.59 bits per heavy atom. The van der Waals surface area contributed by atoms with Crippen LogP contribution in [-0.2, 0) is 4.79 Å². The van der Waals surface area contributed by atoms with Gasteiger partial charge < -0.3 is 16.4 Å². The lowest BCUT2D eigenvalue weighted by molar-refractivity contribution is -0.116. The van der Waals surface area contributed by atoms with Crippen molar-refractivity contribution in [2.24, 2.45) is 0 Å². The molecular weight excluding hydrogens is 368 g/mol. The third kappa shape index (κ3) is 5.49. The maximum absolute atomic E-state index is 12.3. The van der Waals surface area contributed by atoms with E-state index in [9.17, 15) is 14.4 Å². The van der Waals surface area contributed by atoms with Crippen LogP contribution in [-0.4, -0.2) is 22.6 Å². The normalized spacial score (nSPS) is 10.2. The van der Waals surface area contributed by atoms with E-state index in [1.807, 2.05) is 0 Å². The number of nitrogens with zero attached hydrogens (tertiary/aromatic N) is 1. The number of aromatic nitrogens is 1. The van der Waals surface area contributed by atoms with Gasteiger partial charge in [0.2, 0.25) is 5.91 Å². The molecule has 0 atom stereocenters. The summed E-state index contributed by atoms with van der Waals surface area (Å²) in [6.07, 6.45) is 3.22. The molecule has 1 aromatic heterocycles. The summed E-state index contributed by atoms with van der Waals surface area (Å²) >= 11 is 0. The predicted molar refractivity (Wildman–Crippen MR) is 112 cm³/mol. The second kappa shape index (κ2) is 9.27. The van der Waals surface area contributed by atoms with E-state index in [0.717, 1.165) is 0 Å². The Balaban J connectivity index is 1.52. The van der Waals surface area contributed by atoms with Crippen LogP contribution < -0.4 is 16.4 Å². The molecule has 0 radical (unpaired) electrons. The van der Waals surface area contributed by atoms with Crippen LogP contribution in [0.5, 0.6) is 0 Å². The van der Waals surface area contributed by atoms with E-state index in [4.69, 9.17) is 5.73 Å². The Bertz CT molecular complexity index is 1020. The molecule has 29 heavy (non-hydrogen) atoms. The van der Waals surface area contributed by atoms with Gasteiger partial charge in [-0.3, -0.25) is 19.4 Å². The molecule has 0 aliphatic heterocycles. The van der Waals surface area contributed by atoms with Gasteiger partial charge in [0.25, 0.3) is 5.91 Å². The van der Waals surface area contributed by atoms with Crippen molar-refractivity contribution >= 4 is 34.7 Å². The summed E-state index contributed by atoms with van der Waals surface area (Å²) in [7, 11) is 0. The van der Waals surface area contributed by atoms with Gasteiger partial charge in [-0.1, -0.05) is 12.1 Å². The van der Waals surface area contributed by atoms with Crippen LogP contribution >= 0.6 is 0 Å². The van der Waals surface area contributed by atoms with Gasteiger partial charge in [-0.2, -0.15) is 0 Å². The van der Waals surface area contributed by atoms with Crippen LogP contribution in [0, 0.1) is 0 Å². The summed E-state index contributed by atoms with van der Waals surface area (Å²) < 4.78 is 0. The average Bonchev–Trinajstić information content (AvgIpc) is 2.75. The first-order valence-corrected chi connectivity index (χ1v) is 9.02. The molecule has 4 N–H and O–H groups in total. The lowest BCUT2D eigenvalue weighted by Crippen LogP contribution is -2.15. The quantitative estimate of drug-likeness (QED) is 0.423. The molecule has 0 spiro atoms. The minimum atomic E-state index is -0.303. The van der Waals surface area contributed by atoms with E-state index in [0.29, 0.717) is 28.2 Å². The van der Waals surface area contributed by atoms with Crippen molar-refractivity contribution in [1.82, 2.24) is 4.98 Å². The third-order valence-corrected chi connectivity index (χ3v) is 4.20. The van der Waals surface area contributed by atoms with E-state index in [1.54, 1.807) is 66.9 Å². The van der Waals surface area contributed by atoms with E-state index in [1.165, 1.54) is 6.20 Å². The number of para-hydroxylation sites is 2. The van der Waals surface area contributed by atoms with E-state index in [-0.39, 0.29) is 30.4 Å². The number of carbonyl (C=O) groups excluding carboxylic acids is 3. The number of nitrogens with one attached hydrogen (secondary N) is 2. The zero-order chi connectivity index (χ0) is 20.6. The lowest BCUT2D eigenvalue weighted by Gasteiger charge is -2.09. The van der Waals surface area contributed by atoms with Crippen molar-refractivity contribution in [1.29, 1.82) is 0 Å². The summed E-state index contributed by atoms with van der Waals surface area (Å²) in [6.45, 7) is 0. The van der Waals surface area contributed by atoms with Gasteiger partial charge in [0, 0.05) is 42.0 Å². The number of rotatable bonds is 7. The molecule has 2 aromatic carbocycles. The second-order valence-electron chi connectivity index (χ2n) is 6.33. The second-order valence-corrected chi connectivity index (χ2v) is 6.33. The molecule has 0 saturated carbocycles. The minimum Gasteiger partial charge on any atom is -0.397 e. The van der Waals surface area contributed by atoms with Crippen LogP contribution in [0.15, 0.2) is 73.1 Å². The zero-order valence-electron chi connectivity index (χ0n) is 15.6. The van der Waals surface area contributed by atoms with Crippen LogP contribution in [0.25, 0.3) is 0 Å². The minimum absolute atomic E-state index is 0.0588. The van der Waals surface area contributed by atoms with Crippen LogP contribution in [0.1, 0.15) is 33.6 Å². The number of pyridine rings is 1. The number of Topliss-reactive ketones (excluding diaryl/α,β-unsaturated/α-hetero) is 1. The van der Waals surface area contributed by atoms with Crippen molar-refractivity contribution in [3.8, 4) is 0 Å². The summed E-state index contributed by atoms with van der Waals surface area (Å²) in [5, 5.41) is 5.46. The van der Waals surface area contributed by atoms with Crippen LogP contribution in [0.4, 0.5) is 17.1 Å². The van der Waals surface area contributed by atoms with Gasteiger partial charge in [0.05, 0.1) is 11.4 Å². The fourth-order valence-corrected chi connectivity index (χ4v) is 2.63. The SMILES string of the molecule is Nc1ccccc1NC(=O)c1ccc(NC(=O)CCC(=O)c2cccnc2)cc1. The fourth-order valence-electron chi connectivity index (χ4n) is 2.63. The van der Waals surface area contributed by atoms with Crippen molar-refractivity contribution in [3.63, 3.8) is 0 Å². The molecule has 146 valence electrons. The van der Waals surface area contributed by atoms with Crippen LogP contribution in [0.2, 0.25) is 0 Å². The molecule has 3 aromatic rings. The molecule has 3 rings (SSSR count). The summed E-state index contributed by atoms with van der Waals surface area (Å²) in [5.41, 5.74) is 8.29. The third-order valence-electron chi connectivity index (χ3n) is 4.20. The standard InChI is InChI=1S/C22H20N4O3/c23-18-5-1-2-6-19(18)26-22(29)15-7-9-17(10-8-15)25-21(28)12-11-20(27)16-4-3-13-24-14-16/h1-10,13-14H,11-12,23H2,(H,25,28)(H,26,29). The highest BCUT2D eigenvalue weighted by atomic mass is 16.2. The van der Waals surface area contributed by atoms with Crippen molar-refractivity contribution in [3.05, 3.63) is 84.2 Å². The van der Waals surface area contributed by atoms with E-state index in [2.05, 4.69) is 15.6 Å². The number of benzene rings is 2. The Morgan fingerprint density at radius 1 is 0.828 bits per heavy atom. The number of anilines is 3. The Hall–Kier alpha value is -4.00. The molecule has 1 heterocycles. The number of ketones is 1. The first-order valence-electron chi connectivity index (χ1n) is 9.02. The molecule has 0 bridgehead atoms. The number of nitrogen functional groups attached to an aromatic ring is 1. The van der Waals surface area contributed by atoms with Crippen molar-refractivity contribution in [2.75, 3.05) is 16.4 Å². The highest BCUT2D eigenvalue weighted by Crippen LogP contribution is 2.18. The van der Waals surface area contributed by atoms with Gasteiger partial charge >= 0.3 is 0 Å². The Labute approximate surface area is 168 Å². The maximum atomic E-state index is 12.3. The first kappa shape index (κ1) is 19.8. The molecule has 0 fully saturated rings. The molecule has 0 aliphatic rings. The highest BCUT2D eigenvalue weighted by Gasteiger charge is 2.11. The van der Waals surface area contributed by atoms with Gasteiger partial charge in [-0.15, -0.1) is 0 Å². The zero-order valence-corrected chi connectivity index (χ0v) is 15.6.